The predicted octanol–water partition coefficient (Wildman–Crippen LogP) is 2.45. The minimum Gasteiger partial charge on any atom is -0.336 e. The number of aryl methyl sites for hydroxylation is 1. The summed E-state index contributed by atoms with van der Waals surface area (Å²) in [6.07, 6.45) is 3.41. The highest BCUT2D eigenvalue weighted by Crippen LogP contribution is 2.40. The number of hydrogen-bond acceptors (Lipinski definition) is 6. The Bertz CT molecular complexity index is 962. The molecule has 1 aliphatic heterocycles. The van der Waals surface area contributed by atoms with Crippen LogP contribution in [0.3, 0.4) is 0 Å². The molecule has 0 spiro atoms. The summed E-state index contributed by atoms with van der Waals surface area (Å²) >= 11 is 0. The highest BCUT2D eigenvalue weighted by atomic mass is 32.2. The van der Waals surface area contributed by atoms with Gasteiger partial charge in [0.1, 0.15) is 0 Å². The van der Waals surface area contributed by atoms with Crippen molar-refractivity contribution in [3.63, 3.8) is 0 Å². The molecule has 2 aromatic rings. The van der Waals surface area contributed by atoms with E-state index in [4.69, 9.17) is 4.52 Å². The number of amides is 1. The third-order valence-corrected chi connectivity index (χ3v) is 6.99. The van der Waals surface area contributed by atoms with Crippen molar-refractivity contribution in [3.05, 3.63) is 23.0 Å². The Balaban J connectivity index is 1.76. The summed E-state index contributed by atoms with van der Waals surface area (Å²) in [5.41, 5.74) is 2.43. The van der Waals surface area contributed by atoms with Crippen molar-refractivity contribution in [1.82, 2.24) is 15.0 Å². The molecular weight excluding hydrogens is 354 g/mol. The van der Waals surface area contributed by atoms with Gasteiger partial charge in [-0.05, 0) is 38.7 Å². The lowest BCUT2D eigenvalue weighted by molar-refractivity contribution is 0.0699. The van der Waals surface area contributed by atoms with Crippen LogP contribution in [0.15, 0.2) is 10.6 Å². The van der Waals surface area contributed by atoms with E-state index in [2.05, 4.69) is 10.1 Å². The van der Waals surface area contributed by atoms with Crippen molar-refractivity contribution < 1.29 is 17.7 Å². The molecule has 1 saturated carbocycles. The number of carbonyl (C=O) groups excluding carboxylic acids is 1. The quantitative estimate of drug-likeness (QED) is 0.794. The van der Waals surface area contributed by atoms with Gasteiger partial charge in [0.05, 0.1) is 28.1 Å². The van der Waals surface area contributed by atoms with Crippen molar-refractivity contribution in [3.8, 4) is 0 Å². The highest BCUT2D eigenvalue weighted by Gasteiger charge is 2.36. The Morgan fingerprint density at radius 2 is 2.12 bits per heavy atom. The maximum Gasteiger partial charge on any atom is 0.259 e. The Morgan fingerprint density at radius 3 is 2.73 bits per heavy atom. The van der Waals surface area contributed by atoms with Gasteiger partial charge in [-0.25, -0.2) is 13.4 Å². The molecule has 8 heteroatoms. The van der Waals surface area contributed by atoms with Gasteiger partial charge in [0, 0.05) is 24.2 Å². The van der Waals surface area contributed by atoms with Crippen LogP contribution < -0.4 is 0 Å². The first kappa shape index (κ1) is 17.5. The van der Waals surface area contributed by atoms with Crippen molar-refractivity contribution in [1.29, 1.82) is 0 Å². The van der Waals surface area contributed by atoms with Gasteiger partial charge in [-0.2, -0.15) is 0 Å². The van der Waals surface area contributed by atoms with Gasteiger partial charge in [-0.1, -0.05) is 12.1 Å². The van der Waals surface area contributed by atoms with E-state index in [9.17, 15) is 13.2 Å². The number of hydrogen-bond donors (Lipinski definition) is 0. The molecular formula is C18H23N3O4S. The molecule has 0 unspecified atom stereocenters. The van der Waals surface area contributed by atoms with Crippen LogP contribution >= 0.6 is 0 Å². The minimum absolute atomic E-state index is 0.0467. The normalized spacial score (nSPS) is 22.0. The van der Waals surface area contributed by atoms with Gasteiger partial charge in [0.2, 0.25) is 0 Å². The fraction of sp³-hybridized carbons (Fsp3) is 0.611. The lowest BCUT2D eigenvalue weighted by Crippen LogP contribution is -2.41. The second kappa shape index (κ2) is 6.33. The highest BCUT2D eigenvalue weighted by molar-refractivity contribution is 7.91. The average Bonchev–Trinajstić information content (AvgIpc) is 3.31. The van der Waals surface area contributed by atoms with E-state index in [1.165, 1.54) is 0 Å². The predicted molar refractivity (Wildman–Crippen MR) is 96.9 cm³/mol. The molecule has 1 saturated heterocycles. The van der Waals surface area contributed by atoms with Gasteiger partial charge in [-0.3, -0.25) is 4.79 Å². The van der Waals surface area contributed by atoms with Crippen molar-refractivity contribution in [2.24, 2.45) is 0 Å². The zero-order valence-corrected chi connectivity index (χ0v) is 15.9. The average molecular weight is 377 g/mol. The Morgan fingerprint density at radius 1 is 1.35 bits per heavy atom. The third-order valence-electron chi connectivity index (χ3n) is 5.24. The van der Waals surface area contributed by atoms with Crippen LogP contribution in [0.25, 0.3) is 11.1 Å². The van der Waals surface area contributed by atoms with Crippen molar-refractivity contribution >= 4 is 26.8 Å². The zero-order chi connectivity index (χ0) is 18.5. The Kier molecular flexibility index (Phi) is 4.25. The van der Waals surface area contributed by atoms with Crippen LogP contribution in [0.2, 0.25) is 0 Å². The first-order chi connectivity index (χ1) is 12.4. The fourth-order valence-corrected chi connectivity index (χ4v) is 5.47. The summed E-state index contributed by atoms with van der Waals surface area (Å²) in [4.78, 5) is 19.7. The molecule has 7 nitrogen and oxygen atoms in total. The van der Waals surface area contributed by atoms with Crippen LogP contribution in [-0.2, 0) is 9.84 Å². The Hall–Kier alpha value is -1.96. The summed E-state index contributed by atoms with van der Waals surface area (Å²) in [6.45, 7) is 4.32. The molecule has 2 aliphatic rings. The SMILES string of the molecule is CCCN(C(=O)c1cc(C2CC2)nc2onc(C)c12)[C@H]1CCS(=O)(=O)C1. The van der Waals surface area contributed by atoms with E-state index in [0.717, 1.165) is 25.0 Å². The number of nitrogens with zero attached hydrogens (tertiary/aromatic N) is 3. The number of aromatic nitrogens is 2. The molecule has 140 valence electrons. The number of rotatable bonds is 5. The largest absolute Gasteiger partial charge is 0.336 e. The summed E-state index contributed by atoms with van der Waals surface area (Å²) in [6, 6.07) is 1.60. The van der Waals surface area contributed by atoms with E-state index < -0.39 is 9.84 Å². The van der Waals surface area contributed by atoms with Gasteiger partial charge in [-0.15, -0.1) is 0 Å². The van der Waals surface area contributed by atoms with E-state index in [1.807, 2.05) is 13.0 Å². The number of carbonyl (C=O) groups is 1. The topological polar surface area (TPSA) is 93.4 Å². The van der Waals surface area contributed by atoms with Crippen LogP contribution in [0.1, 0.15) is 60.3 Å². The van der Waals surface area contributed by atoms with Gasteiger partial charge >= 0.3 is 0 Å². The molecule has 0 radical (unpaired) electrons. The summed E-state index contributed by atoms with van der Waals surface area (Å²) in [7, 11) is -3.06. The standard InChI is InChI=1S/C18H23N3O4S/c1-3-7-21(13-6-8-26(23,24)10-13)18(22)14-9-15(12-4-5-12)19-17-16(14)11(2)20-25-17/h9,12-13H,3-8,10H2,1-2H3/t13-/m0/s1. The maximum absolute atomic E-state index is 13.4. The monoisotopic (exact) mass is 377 g/mol. The minimum atomic E-state index is -3.06. The fourth-order valence-electron chi connectivity index (χ4n) is 3.74. The molecule has 1 aliphatic carbocycles. The molecule has 0 N–H and O–H groups in total. The van der Waals surface area contributed by atoms with Crippen LogP contribution in [0.5, 0.6) is 0 Å². The summed E-state index contributed by atoms with van der Waals surface area (Å²) in [5, 5.41) is 4.62. The molecule has 1 atom stereocenters. The van der Waals surface area contributed by atoms with E-state index >= 15 is 0 Å². The molecule has 26 heavy (non-hydrogen) atoms. The van der Waals surface area contributed by atoms with Gasteiger partial charge in [0.25, 0.3) is 11.6 Å². The van der Waals surface area contributed by atoms with Crippen molar-refractivity contribution in [2.45, 2.75) is 51.5 Å². The lowest BCUT2D eigenvalue weighted by atomic mass is 10.1. The molecule has 4 rings (SSSR count). The number of sulfone groups is 1. The zero-order valence-electron chi connectivity index (χ0n) is 15.1. The summed E-state index contributed by atoms with van der Waals surface area (Å²) < 4.78 is 29.2. The lowest BCUT2D eigenvalue weighted by Gasteiger charge is -2.28. The molecule has 1 amide bonds. The summed E-state index contributed by atoms with van der Waals surface area (Å²) in [5.74, 6) is 0.430. The first-order valence-electron chi connectivity index (χ1n) is 9.18. The Labute approximate surface area is 152 Å². The molecule has 2 aromatic heterocycles. The molecule has 3 heterocycles. The smallest absolute Gasteiger partial charge is 0.259 e. The van der Waals surface area contributed by atoms with Crippen LogP contribution in [0.4, 0.5) is 0 Å². The molecule has 0 aromatic carbocycles. The van der Waals surface area contributed by atoms with Crippen molar-refractivity contribution in [2.75, 3.05) is 18.1 Å². The second-order valence-electron chi connectivity index (χ2n) is 7.37. The van der Waals surface area contributed by atoms with E-state index in [-0.39, 0.29) is 23.5 Å². The van der Waals surface area contributed by atoms with E-state index in [1.54, 1.807) is 11.8 Å². The third kappa shape index (κ3) is 3.11. The molecule has 2 fully saturated rings. The second-order valence-corrected chi connectivity index (χ2v) is 9.60. The van der Waals surface area contributed by atoms with Crippen LogP contribution in [-0.4, -0.2) is 53.5 Å². The van der Waals surface area contributed by atoms with E-state index in [0.29, 0.717) is 41.2 Å². The van der Waals surface area contributed by atoms with Gasteiger partial charge in [0.15, 0.2) is 9.84 Å². The first-order valence-corrected chi connectivity index (χ1v) is 11.0. The van der Waals surface area contributed by atoms with Crippen LogP contribution in [0, 0.1) is 6.92 Å². The number of fused-ring (bicyclic) bond motifs is 1. The maximum atomic E-state index is 13.4. The molecule has 0 bridgehead atoms. The van der Waals surface area contributed by atoms with Gasteiger partial charge < -0.3 is 9.42 Å². The number of pyridine rings is 1.